The van der Waals surface area contributed by atoms with Gasteiger partial charge in [0, 0.05) is 24.9 Å². The van der Waals surface area contributed by atoms with Gasteiger partial charge in [-0.1, -0.05) is 6.92 Å². The Hall–Kier alpha value is -0.0800. The van der Waals surface area contributed by atoms with Crippen molar-refractivity contribution in [1.29, 1.82) is 0 Å². The number of ether oxygens (including phenoxy) is 1. The molecular formula is C11H19NO. The Morgan fingerprint density at radius 3 is 3.00 bits per heavy atom. The summed E-state index contributed by atoms with van der Waals surface area (Å²) in [6, 6.07) is 0. The highest BCUT2D eigenvalue weighted by Gasteiger charge is 2.59. The number of hydrogen-bond acceptors (Lipinski definition) is 2. The van der Waals surface area contributed by atoms with Crippen molar-refractivity contribution in [2.75, 3.05) is 19.6 Å². The van der Waals surface area contributed by atoms with Gasteiger partial charge in [-0.05, 0) is 26.3 Å². The molecule has 2 bridgehead atoms. The summed E-state index contributed by atoms with van der Waals surface area (Å²) in [4.78, 5) is 2.59. The van der Waals surface area contributed by atoms with Crippen molar-refractivity contribution in [1.82, 2.24) is 4.90 Å². The largest absolute Gasteiger partial charge is 0.371 e. The molecular weight excluding hydrogens is 162 g/mol. The second kappa shape index (κ2) is 2.48. The number of nitrogens with zero attached hydrogens (tertiary/aromatic N) is 1. The third-order valence-corrected chi connectivity index (χ3v) is 4.50. The minimum atomic E-state index is 0.249. The van der Waals surface area contributed by atoms with Gasteiger partial charge in [0.2, 0.25) is 0 Å². The number of likely N-dealkylation sites (tertiary alicyclic amines) is 1. The van der Waals surface area contributed by atoms with Crippen LogP contribution in [-0.2, 0) is 4.74 Å². The van der Waals surface area contributed by atoms with E-state index >= 15 is 0 Å². The minimum absolute atomic E-state index is 0.249. The van der Waals surface area contributed by atoms with Crippen LogP contribution in [-0.4, -0.2) is 36.2 Å². The zero-order valence-electron chi connectivity index (χ0n) is 8.62. The summed E-state index contributed by atoms with van der Waals surface area (Å²) in [7, 11) is 0. The van der Waals surface area contributed by atoms with Gasteiger partial charge in [-0.25, -0.2) is 0 Å². The van der Waals surface area contributed by atoms with E-state index in [1.54, 1.807) is 0 Å². The molecule has 3 aliphatic rings. The van der Waals surface area contributed by atoms with Crippen LogP contribution < -0.4 is 0 Å². The highest BCUT2D eigenvalue weighted by atomic mass is 16.5. The molecule has 0 amide bonds. The van der Waals surface area contributed by atoms with Gasteiger partial charge >= 0.3 is 0 Å². The zero-order chi connectivity index (χ0) is 9.05. The number of fused-ring (bicyclic) bond motifs is 5. The summed E-state index contributed by atoms with van der Waals surface area (Å²) in [5, 5.41) is 0. The lowest BCUT2D eigenvalue weighted by Gasteiger charge is -2.28. The smallest absolute Gasteiger partial charge is 0.0703 e. The lowest BCUT2D eigenvalue weighted by molar-refractivity contribution is -0.00271. The van der Waals surface area contributed by atoms with E-state index in [2.05, 4.69) is 18.7 Å². The molecule has 0 aromatic carbocycles. The van der Waals surface area contributed by atoms with Gasteiger partial charge in [-0.3, -0.25) is 0 Å². The molecule has 74 valence electrons. The third kappa shape index (κ3) is 0.962. The van der Waals surface area contributed by atoms with E-state index in [1.807, 2.05) is 0 Å². The van der Waals surface area contributed by atoms with E-state index in [4.69, 9.17) is 4.74 Å². The van der Waals surface area contributed by atoms with Crippen molar-refractivity contribution < 1.29 is 4.74 Å². The van der Waals surface area contributed by atoms with Crippen molar-refractivity contribution in [2.24, 2.45) is 11.8 Å². The summed E-state index contributed by atoms with van der Waals surface area (Å²) in [6.45, 7) is 8.40. The van der Waals surface area contributed by atoms with Crippen LogP contribution in [0.25, 0.3) is 0 Å². The van der Waals surface area contributed by atoms with Gasteiger partial charge in [0.15, 0.2) is 0 Å². The van der Waals surface area contributed by atoms with Crippen LogP contribution in [0.15, 0.2) is 0 Å². The van der Waals surface area contributed by atoms with Crippen LogP contribution in [0.5, 0.6) is 0 Å². The normalized spacial score (nSPS) is 54.5. The van der Waals surface area contributed by atoms with Gasteiger partial charge in [0.1, 0.15) is 0 Å². The van der Waals surface area contributed by atoms with E-state index < -0.39 is 0 Å². The molecule has 3 heterocycles. The Labute approximate surface area is 80.2 Å². The lowest BCUT2D eigenvalue weighted by Crippen LogP contribution is -2.35. The lowest BCUT2D eigenvalue weighted by atomic mass is 9.75. The molecule has 0 N–H and O–H groups in total. The molecule has 2 heteroatoms. The molecule has 0 unspecified atom stereocenters. The van der Waals surface area contributed by atoms with Crippen molar-refractivity contribution in [3.63, 3.8) is 0 Å². The number of rotatable bonds is 1. The van der Waals surface area contributed by atoms with Crippen LogP contribution >= 0.6 is 0 Å². The summed E-state index contributed by atoms with van der Waals surface area (Å²) >= 11 is 0. The van der Waals surface area contributed by atoms with Crippen molar-refractivity contribution in [2.45, 2.75) is 38.4 Å². The molecule has 0 aromatic rings. The Kier molecular flexibility index (Phi) is 1.58. The number of hydrogen-bond donors (Lipinski definition) is 0. The highest BCUT2D eigenvalue weighted by Crippen LogP contribution is 2.53. The van der Waals surface area contributed by atoms with Crippen molar-refractivity contribution in [3.8, 4) is 0 Å². The quantitative estimate of drug-likeness (QED) is 0.608. The van der Waals surface area contributed by atoms with Crippen LogP contribution in [0.2, 0.25) is 0 Å². The van der Waals surface area contributed by atoms with E-state index in [0.29, 0.717) is 6.10 Å². The molecule has 0 aliphatic carbocycles. The standard InChI is InChI=1S/C11H19NO/c1-3-12-6-8-9(7-12)11(2)5-4-10(8)13-11/h8-10H,3-7H2,1-2H3/t8-,9+,10-,11-/m0/s1. The molecule has 3 aliphatic heterocycles. The van der Waals surface area contributed by atoms with E-state index in [9.17, 15) is 0 Å². The Balaban J connectivity index is 1.85. The van der Waals surface area contributed by atoms with Crippen LogP contribution in [0.1, 0.15) is 26.7 Å². The third-order valence-electron chi connectivity index (χ3n) is 4.50. The molecule has 3 rings (SSSR count). The maximum atomic E-state index is 6.09. The van der Waals surface area contributed by atoms with Gasteiger partial charge in [0.25, 0.3) is 0 Å². The first-order valence-electron chi connectivity index (χ1n) is 5.63. The van der Waals surface area contributed by atoms with Gasteiger partial charge in [-0.15, -0.1) is 0 Å². The molecule has 3 fully saturated rings. The molecule has 2 nitrogen and oxygen atoms in total. The topological polar surface area (TPSA) is 12.5 Å². The predicted octanol–water partition coefficient (Wildman–Crippen LogP) is 1.51. The fourth-order valence-electron chi connectivity index (χ4n) is 3.66. The second-order valence-corrected chi connectivity index (χ2v) is 5.13. The first-order valence-corrected chi connectivity index (χ1v) is 5.63. The Morgan fingerprint density at radius 1 is 1.46 bits per heavy atom. The summed E-state index contributed by atoms with van der Waals surface area (Å²) in [5.41, 5.74) is 0.249. The predicted molar refractivity (Wildman–Crippen MR) is 51.6 cm³/mol. The zero-order valence-corrected chi connectivity index (χ0v) is 8.62. The van der Waals surface area contributed by atoms with Crippen LogP contribution in [0, 0.1) is 11.8 Å². The van der Waals surface area contributed by atoms with Crippen LogP contribution in [0.3, 0.4) is 0 Å². The first-order chi connectivity index (χ1) is 6.23. The van der Waals surface area contributed by atoms with Gasteiger partial charge < -0.3 is 9.64 Å². The van der Waals surface area contributed by atoms with Crippen molar-refractivity contribution >= 4 is 0 Å². The minimum Gasteiger partial charge on any atom is -0.371 e. The Morgan fingerprint density at radius 2 is 2.31 bits per heavy atom. The maximum Gasteiger partial charge on any atom is 0.0703 e. The average molecular weight is 181 g/mol. The average Bonchev–Trinajstić information content (AvgIpc) is 2.71. The maximum absolute atomic E-state index is 6.09. The van der Waals surface area contributed by atoms with E-state index in [1.165, 1.54) is 32.5 Å². The molecule has 0 aromatic heterocycles. The van der Waals surface area contributed by atoms with Gasteiger partial charge in [-0.2, -0.15) is 0 Å². The molecule has 0 spiro atoms. The summed E-state index contributed by atoms with van der Waals surface area (Å²) in [6.07, 6.45) is 3.22. The molecule has 0 saturated carbocycles. The van der Waals surface area contributed by atoms with Crippen LogP contribution in [0.4, 0.5) is 0 Å². The molecule has 3 saturated heterocycles. The molecule has 0 radical (unpaired) electrons. The first kappa shape index (κ1) is 8.25. The van der Waals surface area contributed by atoms with E-state index in [0.717, 1.165) is 11.8 Å². The molecule has 4 atom stereocenters. The summed E-state index contributed by atoms with van der Waals surface area (Å²) < 4.78 is 6.09. The SMILES string of the molecule is CCN1C[C@@H]2[C@@H]3CC[C@](C)(O3)[C@@H]2C1. The van der Waals surface area contributed by atoms with E-state index in [-0.39, 0.29) is 5.60 Å². The van der Waals surface area contributed by atoms with Crippen molar-refractivity contribution in [3.05, 3.63) is 0 Å². The fourth-order valence-corrected chi connectivity index (χ4v) is 3.66. The Bertz CT molecular complexity index is 230. The molecule has 13 heavy (non-hydrogen) atoms. The second-order valence-electron chi connectivity index (χ2n) is 5.13. The summed E-state index contributed by atoms with van der Waals surface area (Å²) in [5.74, 6) is 1.70. The monoisotopic (exact) mass is 181 g/mol. The van der Waals surface area contributed by atoms with Gasteiger partial charge in [0.05, 0.1) is 11.7 Å². The fraction of sp³-hybridized carbons (Fsp3) is 1.00. The highest BCUT2D eigenvalue weighted by molar-refractivity contribution is 5.08.